The molecule has 1 aromatic carbocycles. The quantitative estimate of drug-likeness (QED) is 0.747. The van der Waals surface area contributed by atoms with E-state index >= 15 is 0 Å². The average molecular weight is 362 g/mol. The van der Waals surface area contributed by atoms with Crippen LogP contribution in [0.15, 0.2) is 24.3 Å². The number of carbonyl (C=O) groups excluding carboxylic acids is 3. The SMILES string of the molecule is COc1ccccc1C(=O)NCCC(=O)O[C@H](C)C(=O)N1CCCCC1. The van der Waals surface area contributed by atoms with Crippen LogP contribution in [0.25, 0.3) is 0 Å². The number of benzene rings is 1. The average Bonchev–Trinajstić information content (AvgIpc) is 2.67. The molecule has 1 N–H and O–H groups in total. The van der Waals surface area contributed by atoms with Crippen LogP contribution in [0.3, 0.4) is 0 Å². The number of nitrogens with zero attached hydrogens (tertiary/aromatic N) is 1. The third kappa shape index (κ3) is 5.47. The lowest BCUT2D eigenvalue weighted by atomic mass is 10.1. The zero-order valence-corrected chi connectivity index (χ0v) is 15.3. The molecule has 0 spiro atoms. The molecule has 1 heterocycles. The van der Waals surface area contributed by atoms with Crippen molar-refractivity contribution in [2.45, 2.75) is 38.7 Å². The van der Waals surface area contributed by atoms with Crippen molar-refractivity contribution in [2.75, 3.05) is 26.7 Å². The summed E-state index contributed by atoms with van der Waals surface area (Å²) in [5, 5.41) is 2.66. The second-order valence-corrected chi connectivity index (χ2v) is 6.22. The maximum Gasteiger partial charge on any atom is 0.308 e. The van der Waals surface area contributed by atoms with Gasteiger partial charge in [-0.1, -0.05) is 12.1 Å². The van der Waals surface area contributed by atoms with Crippen molar-refractivity contribution in [3.05, 3.63) is 29.8 Å². The second-order valence-electron chi connectivity index (χ2n) is 6.22. The van der Waals surface area contributed by atoms with Crippen molar-refractivity contribution in [3.8, 4) is 5.75 Å². The molecule has 0 saturated carbocycles. The maximum absolute atomic E-state index is 12.2. The number of nitrogens with one attached hydrogen (secondary N) is 1. The van der Waals surface area contributed by atoms with Gasteiger partial charge in [0.05, 0.1) is 19.1 Å². The van der Waals surface area contributed by atoms with Crippen molar-refractivity contribution in [1.82, 2.24) is 10.2 Å². The largest absolute Gasteiger partial charge is 0.496 e. The van der Waals surface area contributed by atoms with Gasteiger partial charge in [0.1, 0.15) is 5.75 Å². The highest BCUT2D eigenvalue weighted by Crippen LogP contribution is 2.16. The minimum absolute atomic E-state index is 0.00148. The predicted octanol–water partition coefficient (Wildman–Crippen LogP) is 1.76. The van der Waals surface area contributed by atoms with Gasteiger partial charge in [-0.05, 0) is 38.3 Å². The Morgan fingerprint density at radius 1 is 1.15 bits per heavy atom. The van der Waals surface area contributed by atoms with Crippen LogP contribution >= 0.6 is 0 Å². The molecule has 1 atom stereocenters. The van der Waals surface area contributed by atoms with Crippen LogP contribution in [0.4, 0.5) is 0 Å². The number of rotatable bonds is 7. The third-order valence-corrected chi connectivity index (χ3v) is 4.29. The number of hydrogen-bond acceptors (Lipinski definition) is 5. The fraction of sp³-hybridized carbons (Fsp3) is 0.526. The number of likely N-dealkylation sites (tertiary alicyclic amines) is 1. The van der Waals surface area contributed by atoms with Gasteiger partial charge in [0.2, 0.25) is 0 Å². The Kier molecular flexibility index (Phi) is 7.44. The van der Waals surface area contributed by atoms with E-state index in [4.69, 9.17) is 9.47 Å². The molecule has 1 aliphatic heterocycles. The molecule has 7 nitrogen and oxygen atoms in total. The molecular formula is C19H26N2O5. The molecule has 1 fully saturated rings. The van der Waals surface area contributed by atoms with Gasteiger partial charge >= 0.3 is 5.97 Å². The Hall–Kier alpha value is -2.57. The van der Waals surface area contributed by atoms with Gasteiger partial charge in [0.15, 0.2) is 6.10 Å². The molecule has 7 heteroatoms. The summed E-state index contributed by atoms with van der Waals surface area (Å²) in [4.78, 5) is 38.0. The van der Waals surface area contributed by atoms with Crippen molar-refractivity contribution in [3.63, 3.8) is 0 Å². The molecular weight excluding hydrogens is 336 g/mol. The Balaban J connectivity index is 1.74. The molecule has 0 unspecified atom stereocenters. The molecule has 142 valence electrons. The highest BCUT2D eigenvalue weighted by Gasteiger charge is 2.24. The minimum Gasteiger partial charge on any atom is -0.496 e. The predicted molar refractivity (Wildman–Crippen MR) is 95.9 cm³/mol. The normalized spacial score (nSPS) is 15.1. The van der Waals surface area contributed by atoms with Crippen molar-refractivity contribution in [1.29, 1.82) is 0 Å². The van der Waals surface area contributed by atoms with Gasteiger partial charge in [0.25, 0.3) is 11.8 Å². The smallest absolute Gasteiger partial charge is 0.308 e. The van der Waals surface area contributed by atoms with Gasteiger partial charge < -0.3 is 19.7 Å². The molecule has 0 bridgehead atoms. The van der Waals surface area contributed by atoms with E-state index in [1.54, 1.807) is 36.1 Å². The summed E-state index contributed by atoms with van der Waals surface area (Å²) in [7, 11) is 1.49. The van der Waals surface area contributed by atoms with Crippen LogP contribution in [-0.2, 0) is 14.3 Å². The van der Waals surface area contributed by atoms with E-state index < -0.39 is 12.1 Å². The molecule has 0 aliphatic carbocycles. The third-order valence-electron chi connectivity index (χ3n) is 4.29. The van der Waals surface area contributed by atoms with Crippen LogP contribution in [0.2, 0.25) is 0 Å². The van der Waals surface area contributed by atoms with Gasteiger partial charge in [0, 0.05) is 19.6 Å². The Bertz CT molecular complexity index is 641. The lowest BCUT2D eigenvalue weighted by molar-refractivity contribution is -0.159. The summed E-state index contributed by atoms with van der Waals surface area (Å²) in [5.74, 6) is -0.527. The first-order chi connectivity index (χ1) is 12.5. The molecule has 1 saturated heterocycles. The summed E-state index contributed by atoms with van der Waals surface area (Å²) >= 11 is 0. The van der Waals surface area contributed by atoms with Crippen molar-refractivity contribution in [2.24, 2.45) is 0 Å². The van der Waals surface area contributed by atoms with E-state index in [1.165, 1.54) is 7.11 Å². The highest BCUT2D eigenvalue weighted by molar-refractivity contribution is 5.97. The van der Waals surface area contributed by atoms with Gasteiger partial charge in [-0.15, -0.1) is 0 Å². The fourth-order valence-corrected chi connectivity index (χ4v) is 2.88. The van der Waals surface area contributed by atoms with Gasteiger partial charge in [-0.2, -0.15) is 0 Å². The molecule has 0 radical (unpaired) electrons. The van der Waals surface area contributed by atoms with Crippen LogP contribution in [-0.4, -0.2) is 55.5 Å². The number of amides is 2. The molecule has 2 amide bonds. The molecule has 1 aromatic rings. The van der Waals surface area contributed by atoms with E-state index in [1.807, 2.05) is 0 Å². The van der Waals surface area contributed by atoms with Crippen molar-refractivity contribution >= 4 is 17.8 Å². The highest BCUT2D eigenvalue weighted by atomic mass is 16.5. The van der Waals surface area contributed by atoms with E-state index in [0.29, 0.717) is 11.3 Å². The number of carbonyl (C=O) groups is 3. The number of esters is 1. The van der Waals surface area contributed by atoms with Crippen LogP contribution < -0.4 is 10.1 Å². The summed E-state index contributed by atoms with van der Waals surface area (Å²) in [6, 6.07) is 6.84. The van der Waals surface area contributed by atoms with E-state index in [9.17, 15) is 14.4 Å². The molecule has 0 aromatic heterocycles. The summed E-state index contributed by atoms with van der Waals surface area (Å²) in [6.45, 7) is 3.15. The monoisotopic (exact) mass is 362 g/mol. The van der Waals surface area contributed by atoms with Crippen molar-refractivity contribution < 1.29 is 23.9 Å². The molecule has 2 rings (SSSR count). The summed E-state index contributed by atoms with van der Waals surface area (Å²) in [5.41, 5.74) is 0.400. The van der Waals surface area contributed by atoms with Crippen LogP contribution in [0.5, 0.6) is 5.75 Å². The second kappa shape index (κ2) is 9.79. The first-order valence-electron chi connectivity index (χ1n) is 8.92. The molecule has 1 aliphatic rings. The van der Waals surface area contributed by atoms with Gasteiger partial charge in [-0.3, -0.25) is 14.4 Å². The van der Waals surface area contributed by atoms with Crippen LogP contribution in [0.1, 0.15) is 43.0 Å². The number of ether oxygens (including phenoxy) is 2. The topological polar surface area (TPSA) is 84.9 Å². The Labute approximate surface area is 153 Å². The first kappa shape index (κ1) is 19.8. The Morgan fingerprint density at radius 2 is 1.85 bits per heavy atom. The standard InChI is InChI=1S/C19H26N2O5/c1-14(19(24)21-12-6-3-7-13-21)26-17(22)10-11-20-18(23)15-8-4-5-9-16(15)25-2/h4-5,8-9,14H,3,6-7,10-13H2,1-2H3,(H,20,23)/t14-/m1/s1. The lowest BCUT2D eigenvalue weighted by Crippen LogP contribution is -2.42. The first-order valence-corrected chi connectivity index (χ1v) is 8.92. The summed E-state index contributed by atoms with van der Waals surface area (Å²) < 4.78 is 10.3. The number of para-hydroxylation sites is 1. The minimum atomic E-state index is -0.800. The number of methoxy groups -OCH3 is 1. The van der Waals surface area contributed by atoms with Crippen LogP contribution in [0, 0.1) is 0 Å². The van der Waals surface area contributed by atoms with Gasteiger partial charge in [-0.25, -0.2) is 0 Å². The zero-order valence-electron chi connectivity index (χ0n) is 15.3. The van der Waals surface area contributed by atoms with E-state index in [2.05, 4.69) is 5.32 Å². The maximum atomic E-state index is 12.2. The number of hydrogen-bond donors (Lipinski definition) is 1. The fourth-order valence-electron chi connectivity index (χ4n) is 2.88. The Morgan fingerprint density at radius 3 is 2.54 bits per heavy atom. The summed E-state index contributed by atoms with van der Waals surface area (Å²) in [6.07, 6.45) is 2.30. The lowest BCUT2D eigenvalue weighted by Gasteiger charge is -2.28. The van der Waals surface area contributed by atoms with E-state index in [0.717, 1.165) is 32.4 Å². The number of piperidine rings is 1. The zero-order chi connectivity index (χ0) is 18.9. The molecule has 26 heavy (non-hydrogen) atoms. The van der Waals surface area contributed by atoms with E-state index in [-0.39, 0.29) is 24.8 Å².